The largest absolute Gasteiger partial charge is 0.295 e. The SMILES string of the molecule is CCC/C=C1/CCCCC1=O. The molecule has 0 amide bonds. The van der Waals surface area contributed by atoms with Crippen LogP contribution in [0.25, 0.3) is 0 Å². The quantitative estimate of drug-likeness (QED) is 0.556. The van der Waals surface area contributed by atoms with Crippen molar-refractivity contribution in [2.24, 2.45) is 0 Å². The lowest BCUT2D eigenvalue weighted by molar-refractivity contribution is -0.116. The van der Waals surface area contributed by atoms with Crippen LogP contribution in [0.1, 0.15) is 45.4 Å². The van der Waals surface area contributed by atoms with Gasteiger partial charge >= 0.3 is 0 Å². The van der Waals surface area contributed by atoms with Crippen LogP contribution < -0.4 is 0 Å². The van der Waals surface area contributed by atoms with E-state index in [1.165, 1.54) is 6.42 Å². The summed E-state index contributed by atoms with van der Waals surface area (Å²) >= 11 is 0. The van der Waals surface area contributed by atoms with Gasteiger partial charge in [0, 0.05) is 6.42 Å². The Morgan fingerprint density at radius 3 is 2.73 bits per heavy atom. The summed E-state index contributed by atoms with van der Waals surface area (Å²) in [5.74, 6) is 0.393. The van der Waals surface area contributed by atoms with Crippen molar-refractivity contribution in [1.29, 1.82) is 0 Å². The Morgan fingerprint density at radius 1 is 1.36 bits per heavy atom. The van der Waals surface area contributed by atoms with Crippen molar-refractivity contribution in [2.45, 2.75) is 45.4 Å². The molecule has 1 aliphatic rings. The van der Waals surface area contributed by atoms with E-state index in [-0.39, 0.29) is 0 Å². The van der Waals surface area contributed by atoms with Crippen molar-refractivity contribution in [3.63, 3.8) is 0 Å². The van der Waals surface area contributed by atoms with Gasteiger partial charge in [0.25, 0.3) is 0 Å². The molecule has 0 bridgehead atoms. The van der Waals surface area contributed by atoms with E-state index in [1.54, 1.807) is 0 Å². The maximum Gasteiger partial charge on any atom is 0.158 e. The van der Waals surface area contributed by atoms with E-state index in [1.807, 2.05) is 0 Å². The molecule has 1 saturated carbocycles. The van der Waals surface area contributed by atoms with Crippen LogP contribution in [0.15, 0.2) is 11.6 Å². The third-order valence-electron chi connectivity index (χ3n) is 2.14. The number of hydrogen-bond donors (Lipinski definition) is 0. The average Bonchev–Trinajstić information content (AvgIpc) is 2.03. The molecule has 1 heteroatoms. The van der Waals surface area contributed by atoms with E-state index in [4.69, 9.17) is 0 Å². The maximum atomic E-state index is 11.2. The van der Waals surface area contributed by atoms with Crippen LogP contribution in [-0.4, -0.2) is 5.78 Å². The topological polar surface area (TPSA) is 17.1 Å². The Morgan fingerprint density at radius 2 is 2.09 bits per heavy atom. The lowest BCUT2D eigenvalue weighted by atomic mass is 9.93. The summed E-state index contributed by atoms with van der Waals surface area (Å²) in [7, 11) is 0. The molecule has 1 nitrogen and oxygen atoms in total. The highest BCUT2D eigenvalue weighted by Crippen LogP contribution is 2.20. The molecule has 11 heavy (non-hydrogen) atoms. The molecule has 0 unspecified atom stereocenters. The van der Waals surface area contributed by atoms with Gasteiger partial charge in [-0.1, -0.05) is 19.4 Å². The predicted octanol–water partition coefficient (Wildman–Crippen LogP) is 2.86. The number of rotatable bonds is 2. The van der Waals surface area contributed by atoms with Gasteiger partial charge in [0.05, 0.1) is 0 Å². The lowest BCUT2D eigenvalue weighted by Crippen LogP contribution is -2.07. The van der Waals surface area contributed by atoms with Crippen LogP contribution >= 0.6 is 0 Å². The molecule has 62 valence electrons. The average molecular weight is 152 g/mol. The summed E-state index contributed by atoms with van der Waals surface area (Å²) in [6, 6.07) is 0. The Balaban J connectivity index is 2.47. The van der Waals surface area contributed by atoms with Crippen LogP contribution in [0.3, 0.4) is 0 Å². The van der Waals surface area contributed by atoms with Gasteiger partial charge in [-0.3, -0.25) is 4.79 Å². The fraction of sp³-hybridized carbons (Fsp3) is 0.700. The van der Waals surface area contributed by atoms with E-state index in [0.29, 0.717) is 5.78 Å². The van der Waals surface area contributed by atoms with Gasteiger partial charge in [-0.15, -0.1) is 0 Å². The first-order valence-corrected chi connectivity index (χ1v) is 4.57. The van der Waals surface area contributed by atoms with E-state index in [0.717, 1.165) is 37.7 Å². The predicted molar refractivity (Wildman–Crippen MR) is 46.5 cm³/mol. The molecular formula is C10H16O. The number of ketones is 1. The highest BCUT2D eigenvalue weighted by Gasteiger charge is 2.13. The molecule has 0 atom stereocenters. The highest BCUT2D eigenvalue weighted by atomic mass is 16.1. The lowest BCUT2D eigenvalue weighted by Gasteiger charge is -2.11. The molecule has 0 aromatic heterocycles. The smallest absolute Gasteiger partial charge is 0.158 e. The van der Waals surface area contributed by atoms with Gasteiger partial charge < -0.3 is 0 Å². The number of hydrogen-bond acceptors (Lipinski definition) is 1. The summed E-state index contributed by atoms with van der Waals surface area (Å²) in [6.45, 7) is 2.14. The van der Waals surface area contributed by atoms with Gasteiger partial charge in [0.15, 0.2) is 5.78 Å². The first kappa shape index (κ1) is 8.51. The molecule has 0 spiro atoms. The Labute approximate surface area is 68.5 Å². The second-order valence-corrected chi connectivity index (χ2v) is 3.15. The van der Waals surface area contributed by atoms with Crippen molar-refractivity contribution in [3.8, 4) is 0 Å². The minimum Gasteiger partial charge on any atom is -0.295 e. The number of carbonyl (C=O) groups excluding carboxylic acids is 1. The summed E-state index contributed by atoms with van der Waals surface area (Å²) < 4.78 is 0. The number of unbranched alkanes of at least 4 members (excludes halogenated alkanes) is 1. The van der Waals surface area contributed by atoms with Crippen molar-refractivity contribution in [3.05, 3.63) is 11.6 Å². The minimum absolute atomic E-state index is 0.393. The third kappa shape index (κ3) is 2.49. The molecule has 0 aliphatic heterocycles. The van der Waals surface area contributed by atoms with Gasteiger partial charge in [-0.25, -0.2) is 0 Å². The summed E-state index contributed by atoms with van der Waals surface area (Å²) in [5, 5.41) is 0. The molecule has 0 aromatic carbocycles. The second kappa shape index (κ2) is 4.32. The van der Waals surface area contributed by atoms with Crippen LogP contribution in [0, 0.1) is 0 Å². The fourth-order valence-corrected chi connectivity index (χ4v) is 1.44. The monoisotopic (exact) mass is 152 g/mol. The highest BCUT2D eigenvalue weighted by molar-refractivity contribution is 5.95. The third-order valence-corrected chi connectivity index (χ3v) is 2.14. The van der Waals surface area contributed by atoms with Gasteiger partial charge in [-0.05, 0) is 31.3 Å². The number of allylic oxidation sites excluding steroid dienone is 2. The maximum absolute atomic E-state index is 11.2. The first-order chi connectivity index (χ1) is 5.34. The van der Waals surface area contributed by atoms with Crippen molar-refractivity contribution >= 4 is 5.78 Å². The number of Topliss-reactive ketones (excluding diaryl/α,β-unsaturated/α-hetero) is 1. The Hall–Kier alpha value is -0.590. The molecule has 1 fully saturated rings. The van der Waals surface area contributed by atoms with E-state index < -0.39 is 0 Å². The molecule has 0 heterocycles. The van der Waals surface area contributed by atoms with Crippen molar-refractivity contribution in [2.75, 3.05) is 0 Å². The van der Waals surface area contributed by atoms with Crippen molar-refractivity contribution in [1.82, 2.24) is 0 Å². The van der Waals surface area contributed by atoms with E-state index in [2.05, 4.69) is 13.0 Å². The van der Waals surface area contributed by atoms with E-state index >= 15 is 0 Å². The minimum atomic E-state index is 0.393. The molecule has 0 N–H and O–H groups in total. The Kier molecular flexibility index (Phi) is 3.34. The molecular weight excluding hydrogens is 136 g/mol. The second-order valence-electron chi connectivity index (χ2n) is 3.15. The molecule has 0 aromatic rings. The van der Waals surface area contributed by atoms with Crippen LogP contribution in [0.4, 0.5) is 0 Å². The van der Waals surface area contributed by atoms with Gasteiger partial charge in [-0.2, -0.15) is 0 Å². The van der Waals surface area contributed by atoms with E-state index in [9.17, 15) is 4.79 Å². The van der Waals surface area contributed by atoms with Gasteiger partial charge in [0.1, 0.15) is 0 Å². The zero-order chi connectivity index (χ0) is 8.10. The summed E-state index contributed by atoms with van der Waals surface area (Å²) in [5.41, 5.74) is 1.10. The normalized spacial score (nSPS) is 22.6. The molecule has 0 saturated heterocycles. The van der Waals surface area contributed by atoms with Crippen LogP contribution in [0.5, 0.6) is 0 Å². The number of carbonyl (C=O) groups is 1. The summed E-state index contributed by atoms with van der Waals surface area (Å²) in [4.78, 5) is 11.2. The zero-order valence-corrected chi connectivity index (χ0v) is 7.23. The molecule has 0 radical (unpaired) electrons. The first-order valence-electron chi connectivity index (χ1n) is 4.57. The van der Waals surface area contributed by atoms with Crippen molar-refractivity contribution < 1.29 is 4.79 Å². The summed E-state index contributed by atoms with van der Waals surface area (Å²) in [6.07, 6.45) is 8.47. The molecule has 1 aliphatic carbocycles. The Bertz CT molecular complexity index is 168. The fourth-order valence-electron chi connectivity index (χ4n) is 1.44. The standard InChI is InChI=1S/C10H16O/c1-2-3-6-9-7-4-5-8-10(9)11/h6H,2-5,7-8H2,1H3/b9-6-. The van der Waals surface area contributed by atoms with Gasteiger partial charge in [0.2, 0.25) is 0 Å². The van der Waals surface area contributed by atoms with Crippen LogP contribution in [-0.2, 0) is 4.79 Å². The zero-order valence-electron chi connectivity index (χ0n) is 7.23. The van der Waals surface area contributed by atoms with Crippen LogP contribution in [0.2, 0.25) is 0 Å². The molecule has 1 rings (SSSR count).